The summed E-state index contributed by atoms with van der Waals surface area (Å²) >= 11 is 0. The number of ether oxygens (including phenoxy) is 1. The average molecular weight is 626 g/mol. The first-order valence-corrected chi connectivity index (χ1v) is 18.4. The number of carbonyl (C=O) groups excluding carboxylic acids is 2. The molecule has 0 saturated heterocycles. The van der Waals surface area contributed by atoms with Crippen LogP contribution in [-0.2, 0) is 19.1 Å². The summed E-state index contributed by atoms with van der Waals surface area (Å²) in [6.45, 7) is 19.8. The Morgan fingerprint density at radius 1 is 0.889 bits per heavy atom. The SMILES string of the molecule is CCC(=O)O[C@H]1CC[C@]2(C)[C@H]3CC=C4[C@@H]5CC(C)(C)CC[C@]5(C(=O)NCCCCCC(=O)O)CC[C@@]4(C)[C@]3(C)CC[C@H]2C1(C)C. The van der Waals surface area contributed by atoms with Crippen LogP contribution in [0.25, 0.3) is 0 Å². The zero-order valence-corrected chi connectivity index (χ0v) is 29.8. The first kappa shape index (κ1) is 34.5. The summed E-state index contributed by atoms with van der Waals surface area (Å²) in [7, 11) is 0. The standard InChI is InChI=1S/C39H63NO5/c1-9-32(43)45-30-17-18-36(6)28(35(30,4)5)16-19-38(8)29(36)15-14-26-27-25-34(2,3)20-22-39(27,23-21-37(26,38)7)33(44)40-24-12-10-11-13-31(41)42/h14,27-30H,9-13,15-25H2,1-8H3,(H,40,44)(H,41,42)/t27-,28-,29+,30-,36-,37+,38+,39-/m0/s1. The number of rotatable bonds is 9. The molecule has 0 aromatic carbocycles. The van der Waals surface area contributed by atoms with E-state index < -0.39 is 5.97 Å². The summed E-state index contributed by atoms with van der Waals surface area (Å²) < 4.78 is 6.07. The van der Waals surface area contributed by atoms with Gasteiger partial charge in [-0.05, 0) is 116 Å². The van der Waals surface area contributed by atoms with Crippen molar-refractivity contribution in [2.24, 2.45) is 50.2 Å². The van der Waals surface area contributed by atoms with Crippen LogP contribution in [0.5, 0.6) is 0 Å². The van der Waals surface area contributed by atoms with E-state index in [1.165, 1.54) is 12.8 Å². The van der Waals surface area contributed by atoms with Crippen LogP contribution in [0, 0.1) is 50.2 Å². The molecule has 5 rings (SSSR count). The molecular weight excluding hydrogens is 562 g/mol. The lowest BCUT2D eigenvalue weighted by Gasteiger charge is -2.71. The van der Waals surface area contributed by atoms with Crippen molar-refractivity contribution in [3.8, 4) is 0 Å². The van der Waals surface area contributed by atoms with Crippen molar-refractivity contribution in [2.45, 2.75) is 158 Å². The van der Waals surface area contributed by atoms with Gasteiger partial charge in [0.25, 0.3) is 0 Å². The summed E-state index contributed by atoms with van der Waals surface area (Å²) in [5, 5.41) is 12.3. The highest BCUT2D eigenvalue weighted by atomic mass is 16.5. The van der Waals surface area contributed by atoms with Crippen molar-refractivity contribution in [2.75, 3.05) is 6.54 Å². The van der Waals surface area contributed by atoms with Gasteiger partial charge in [-0.1, -0.05) is 73.5 Å². The largest absolute Gasteiger partial charge is 0.481 e. The van der Waals surface area contributed by atoms with Crippen molar-refractivity contribution in [1.29, 1.82) is 0 Å². The van der Waals surface area contributed by atoms with E-state index in [2.05, 4.69) is 59.9 Å². The molecule has 5 aliphatic rings. The van der Waals surface area contributed by atoms with Crippen LogP contribution < -0.4 is 5.32 Å². The van der Waals surface area contributed by atoms with Crippen LogP contribution in [0.1, 0.15) is 152 Å². The second-order valence-corrected chi connectivity index (χ2v) is 18.0. The molecule has 0 bridgehead atoms. The molecule has 0 unspecified atom stereocenters. The first-order valence-electron chi connectivity index (χ1n) is 18.4. The Labute approximate surface area is 273 Å². The normalized spacial score (nSPS) is 41.3. The molecule has 5 aliphatic carbocycles. The lowest BCUT2D eigenvalue weighted by atomic mass is 9.33. The van der Waals surface area contributed by atoms with Crippen LogP contribution in [0.2, 0.25) is 0 Å². The Kier molecular flexibility index (Phi) is 9.19. The van der Waals surface area contributed by atoms with Gasteiger partial charge in [0.15, 0.2) is 0 Å². The van der Waals surface area contributed by atoms with E-state index in [1.54, 1.807) is 5.57 Å². The van der Waals surface area contributed by atoms with E-state index in [4.69, 9.17) is 9.84 Å². The van der Waals surface area contributed by atoms with Crippen LogP contribution in [0.15, 0.2) is 11.6 Å². The fourth-order valence-corrected chi connectivity index (χ4v) is 12.0. The number of aliphatic carboxylic acids is 1. The Bertz CT molecular complexity index is 1200. The summed E-state index contributed by atoms with van der Waals surface area (Å²) in [4.78, 5) is 37.5. The fourth-order valence-electron chi connectivity index (χ4n) is 12.0. The molecule has 2 N–H and O–H groups in total. The molecule has 0 heterocycles. The molecule has 0 aromatic heterocycles. The third-order valence-electron chi connectivity index (χ3n) is 14.9. The van der Waals surface area contributed by atoms with Gasteiger partial charge in [0.2, 0.25) is 5.91 Å². The van der Waals surface area contributed by atoms with E-state index >= 15 is 0 Å². The van der Waals surface area contributed by atoms with E-state index in [0.717, 1.165) is 64.2 Å². The molecular formula is C39H63NO5. The minimum absolute atomic E-state index is 0.00638. The van der Waals surface area contributed by atoms with E-state index in [1.807, 2.05) is 6.92 Å². The molecule has 1 amide bonds. The lowest BCUT2D eigenvalue weighted by Crippen LogP contribution is -2.65. The van der Waals surface area contributed by atoms with Gasteiger partial charge in [-0.25, -0.2) is 0 Å². The van der Waals surface area contributed by atoms with Crippen molar-refractivity contribution >= 4 is 17.8 Å². The van der Waals surface area contributed by atoms with Gasteiger partial charge in [-0.3, -0.25) is 14.4 Å². The monoisotopic (exact) mass is 625 g/mol. The maximum Gasteiger partial charge on any atom is 0.305 e. The van der Waals surface area contributed by atoms with Gasteiger partial charge in [-0.15, -0.1) is 0 Å². The molecule has 8 atom stereocenters. The van der Waals surface area contributed by atoms with Gasteiger partial charge in [0, 0.05) is 24.8 Å². The predicted octanol–water partition coefficient (Wildman–Crippen LogP) is 8.87. The van der Waals surface area contributed by atoms with Crippen molar-refractivity contribution in [3.05, 3.63) is 11.6 Å². The highest BCUT2D eigenvalue weighted by Crippen LogP contribution is 2.75. The van der Waals surface area contributed by atoms with Crippen LogP contribution >= 0.6 is 0 Å². The van der Waals surface area contributed by atoms with Crippen molar-refractivity contribution in [1.82, 2.24) is 5.32 Å². The van der Waals surface area contributed by atoms with Crippen LogP contribution in [0.4, 0.5) is 0 Å². The zero-order chi connectivity index (χ0) is 33.1. The molecule has 0 aromatic rings. The number of esters is 1. The number of amides is 1. The molecule has 4 saturated carbocycles. The number of nitrogens with one attached hydrogen (secondary N) is 1. The average Bonchev–Trinajstić information content (AvgIpc) is 2.96. The second-order valence-electron chi connectivity index (χ2n) is 18.0. The minimum atomic E-state index is -0.746. The van der Waals surface area contributed by atoms with E-state index in [-0.39, 0.29) is 62.8 Å². The number of hydrogen-bond acceptors (Lipinski definition) is 4. The molecule has 254 valence electrons. The van der Waals surface area contributed by atoms with Gasteiger partial charge < -0.3 is 15.2 Å². The molecule has 45 heavy (non-hydrogen) atoms. The van der Waals surface area contributed by atoms with Crippen molar-refractivity contribution in [3.63, 3.8) is 0 Å². The van der Waals surface area contributed by atoms with Gasteiger partial charge in [-0.2, -0.15) is 0 Å². The maximum atomic E-state index is 14.2. The number of carboxylic acid groups (broad SMARTS) is 1. The molecule has 0 aliphatic heterocycles. The molecule has 6 nitrogen and oxygen atoms in total. The number of carbonyl (C=O) groups is 3. The molecule has 0 radical (unpaired) electrons. The number of unbranched alkanes of at least 4 members (excludes halogenated alkanes) is 2. The predicted molar refractivity (Wildman–Crippen MR) is 178 cm³/mol. The summed E-state index contributed by atoms with van der Waals surface area (Å²) in [5.41, 5.74) is 1.83. The van der Waals surface area contributed by atoms with Gasteiger partial charge in [0.1, 0.15) is 6.10 Å². The Morgan fingerprint density at radius 2 is 1.60 bits per heavy atom. The summed E-state index contributed by atoms with van der Waals surface area (Å²) in [5.74, 6) is 0.790. The number of carboxylic acids is 1. The minimum Gasteiger partial charge on any atom is -0.481 e. The molecule has 4 fully saturated rings. The summed E-state index contributed by atoms with van der Waals surface area (Å²) in [6, 6.07) is 0. The first-order chi connectivity index (χ1) is 21.0. The van der Waals surface area contributed by atoms with Gasteiger partial charge in [0.05, 0.1) is 5.41 Å². The Balaban J connectivity index is 1.42. The van der Waals surface area contributed by atoms with E-state index in [0.29, 0.717) is 31.2 Å². The second kappa shape index (κ2) is 12.0. The third-order valence-corrected chi connectivity index (χ3v) is 14.9. The smallest absolute Gasteiger partial charge is 0.305 e. The van der Waals surface area contributed by atoms with Crippen LogP contribution in [-0.4, -0.2) is 35.6 Å². The number of hydrogen-bond donors (Lipinski definition) is 2. The topological polar surface area (TPSA) is 92.7 Å². The highest BCUT2D eigenvalue weighted by molar-refractivity contribution is 5.84. The Morgan fingerprint density at radius 3 is 2.29 bits per heavy atom. The molecule has 0 spiro atoms. The number of allylic oxidation sites excluding steroid dienone is 2. The molecule has 6 heteroatoms. The van der Waals surface area contributed by atoms with Crippen molar-refractivity contribution < 1.29 is 24.2 Å². The third kappa shape index (κ3) is 5.60. The van der Waals surface area contributed by atoms with Gasteiger partial charge >= 0.3 is 11.9 Å². The maximum absolute atomic E-state index is 14.2. The lowest BCUT2D eigenvalue weighted by molar-refractivity contribution is -0.212. The summed E-state index contributed by atoms with van der Waals surface area (Å²) in [6.07, 6.45) is 16.2. The quantitative estimate of drug-likeness (QED) is 0.152. The fraction of sp³-hybridized carbons (Fsp3) is 0.872. The van der Waals surface area contributed by atoms with E-state index in [9.17, 15) is 14.4 Å². The Hall–Kier alpha value is -1.85. The zero-order valence-electron chi connectivity index (χ0n) is 29.8. The van der Waals surface area contributed by atoms with Crippen LogP contribution in [0.3, 0.4) is 0 Å². The highest BCUT2D eigenvalue weighted by Gasteiger charge is 2.69. The number of fused-ring (bicyclic) bond motifs is 7.